The Hall–Kier alpha value is -1.91. The highest BCUT2D eigenvalue weighted by Crippen LogP contribution is 2.31. The number of carbonyl (C=O) groups is 2. The third kappa shape index (κ3) is 1.80. The topological polar surface area (TPSA) is 40.6 Å². The predicted octanol–water partition coefficient (Wildman–Crippen LogP) is 1.86. The van der Waals surface area contributed by atoms with Crippen LogP contribution in [0.5, 0.6) is 0 Å². The average molecular weight is 276 g/mol. The number of fused-ring (bicyclic) bond motifs is 1. The largest absolute Gasteiger partial charge is 0.329 e. The SMILES string of the molecule is Cc1ccc(N2C(=O)C3CCCN3C(=O)C2C)cc1F. The highest BCUT2D eigenvalue weighted by atomic mass is 19.1. The lowest BCUT2D eigenvalue weighted by atomic mass is 10.0. The van der Waals surface area contributed by atoms with Crippen molar-refractivity contribution in [2.24, 2.45) is 0 Å². The van der Waals surface area contributed by atoms with Gasteiger partial charge in [0.15, 0.2) is 0 Å². The van der Waals surface area contributed by atoms with E-state index in [1.807, 2.05) is 0 Å². The van der Waals surface area contributed by atoms with Gasteiger partial charge >= 0.3 is 0 Å². The van der Waals surface area contributed by atoms with Gasteiger partial charge in [0.05, 0.1) is 0 Å². The molecule has 2 saturated heterocycles. The van der Waals surface area contributed by atoms with Gasteiger partial charge < -0.3 is 4.90 Å². The van der Waals surface area contributed by atoms with Crippen molar-refractivity contribution in [2.45, 2.75) is 38.8 Å². The number of amides is 2. The molecule has 0 radical (unpaired) electrons. The Labute approximate surface area is 117 Å². The molecule has 106 valence electrons. The van der Waals surface area contributed by atoms with Gasteiger partial charge in [0, 0.05) is 12.2 Å². The molecule has 4 nitrogen and oxygen atoms in total. The third-order valence-corrected chi connectivity index (χ3v) is 4.24. The summed E-state index contributed by atoms with van der Waals surface area (Å²) in [6, 6.07) is 3.73. The van der Waals surface area contributed by atoms with Crippen molar-refractivity contribution in [3.63, 3.8) is 0 Å². The average Bonchev–Trinajstić information content (AvgIpc) is 2.90. The van der Waals surface area contributed by atoms with Gasteiger partial charge in [-0.25, -0.2) is 4.39 Å². The van der Waals surface area contributed by atoms with E-state index in [4.69, 9.17) is 0 Å². The normalized spacial score (nSPS) is 26.1. The summed E-state index contributed by atoms with van der Waals surface area (Å²) in [5.41, 5.74) is 0.991. The molecule has 0 spiro atoms. The van der Waals surface area contributed by atoms with E-state index in [0.29, 0.717) is 24.2 Å². The Balaban J connectivity index is 2.01. The molecule has 0 aromatic heterocycles. The number of rotatable bonds is 1. The molecular weight excluding hydrogens is 259 g/mol. The van der Waals surface area contributed by atoms with E-state index >= 15 is 0 Å². The first-order valence-corrected chi connectivity index (χ1v) is 6.90. The molecule has 2 aliphatic heterocycles. The molecule has 0 N–H and O–H groups in total. The van der Waals surface area contributed by atoms with Crippen molar-refractivity contribution < 1.29 is 14.0 Å². The summed E-state index contributed by atoms with van der Waals surface area (Å²) in [7, 11) is 0. The number of halogens is 1. The van der Waals surface area contributed by atoms with Crippen LogP contribution in [0.25, 0.3) is 0 Å². The van der Waals surface area contributed by atoms with Gasteiger partial charge in [-0.1, -0.05) is 6.07 Å². The van der Waals surface area contributed by atoms with Gasteiger partial charge in [0.25, 0.3) is 5.91 Å². The Morgan fingerprint density at radius 3 is 2.70 bits per heavy atom. The van der Waals surface area contributed by atoms with Crippen LogP contribution in [0.15, 0.2) is 18.2 Å². The lowest BCUT2D eigenvalue weighted by Crippen LogP contribution is -2.62. The number of carbonyl (C=O) groups excluding carboxylic acids is 2. The Bertz CT molecular complexity index is 587. The molecule has 2 amide bonds. The standard InChI is InChI=1S/C15H17FN2O2/c1-9-5-6-11(8-12(9)16)18-10(2)14(19)17-7-3-4-13(17)15(18)20/h5-6,8,10,13H,3-4,7H2,1-2H3. The van der Waals surface area contributed by atoms with Crippen LogP contribution in [0.4, 0.5) is 10.1 Å². The number of aryl methyl sites for hydroxylation is 1. The van der Waals surface area contributed by atoms with Crippen molar-refractivity contribution >= 4 is 17.5 Å². The maximum atomic E-state index is 13.7. The van der Waals surface area contributed by atoms with Gasteiger partial charge in [0.1, 0.15) is 17.9 Å². The fraction of sp³-hybridized carbons (Fsp3) is 0.467. The first-order chi connectivity index (χ1) is 9.50. The summed E-state index contributed by atoms with van der Waals surface area (Å²) in [6.07, 6.45) is 1.55. The summed E-state index contributed by atoms with van der Waals surface area (Å²) >= 11 is 0. The van der Waals surface area contributed by atoms with Crippen LogP contribution in [0, 0.1) is 12.7 Å². The van der Waals surface area contributed by atoms with E-state index in [9.17, 15) is 14.0 Å². The van der Waals surface area contributed by atoms with Gasteiger partial charge in [-0.3, -0.25) is 14.5 Å². The van der Waals surface area contributed by atoms with E-state index in [0.717, 1.165) is 6.42 Å². The van der Waals surface area contributed by atoms with Crippen LogP contribution in [0.2, 0.25) is 0 Å². The number of anilines is 1. The molecule has 2 atom stereocenters. The van der Waals surface area contributed by atoms with Gasteiger partial charge in [0.2, 0.25) is 5.91 Å². The fourth-order valence-corrected chi connectivity index (χ4v) is 3.07. The quantitative estimate of drug-likeness (QED) is 0.785. The number of benzene rings is 1. The van der Waals surface area contributed by atoms with Gasteiger partial charge in [-0.05, 0) is 44.4 Å². The van der Waals surface area contributed by atoms with E-state index < -0.39 is 6.04 Å². The fourth-order valence-electron chi connectivity index (χ4n) is 3.07. The van der Waals surface area contributed by atoms with Crippen LogP contribution in [-0.4, -0.2) is 35.3 Å². The molecule has 2 fully saturated rings. The Morgan fingerprint density at radius 2 is 2.00 bits per heavy atom. The van der Waals surface area contributed by atoms with Crippen molar-refractivity contribution in [3.05, 3.63) is 29.6 Å². The molecular formula is C15H17FN2O2. The molecule has 20 heavy (non-hydrogen) atoms. The third-order valence-electron chi connectivity index (χ3n) is 4.24. The maximum absolute atomic E-state index is 13.7. The smallest absolute Gasteiger partial charge is 0.250 e. The zero-order valence-electron chi connectivity index (χ0n) is 11.6. The van der Waals surface area contributed by atoms with Crippen molar-refractivity contribution in [1.29, 1.82) is 0 Å². The molecule has 2 unspecified atom stereocenters. The predicted molar refractivity (Wildman–Crippen MR) is 72.8 cm³/mol. The lowest BCUT2D eigenvalue weighted by Gasteiger charge is -2.40. The molecule has 2 aliphatic rings. The molecule has 0 aliphatic carbocycles. The maximum Gasteiger partial charge on any atom is 0.250 e. The van der Waals surface area contributed by atoms with E-state index in [1.54, 1.807) is 30.9 Å². The van der Waals surface area contributed by atoms with Crippen molar-refractivity contribution in [3.8, 4) is 0 Å². The van der Waals surface area contributed by atoms with Crippen molar-refractivity contribution in [2.75, 3.05) is 11.4 Å². The number of hydrogen-bond acceptors (Lipinski definition) is 2. The van der Waals surface area contributed by atoms with Crippen LogP contribution < -0.4 is 4.90 Å². The van der Waals surface area contributed by atoms with Crippen LogP contribution >= 0.6 is 0 Å². The minimum atomic E-state index is -0.570. The molecule has 0 bridgehead atoms. The molecule has 0 saturated carbocycles. The van der Waals surface area contributed by atoms with Crippen LogP contribution in [0.1, 0.15) is 25.3 Å². The summed E-state index contributed by atoms with van der Waals surface area (Å²) in [4.78, 5) is 28.0. The van der Waals surface area contributed by atoms with Crippen molar-refractivity contribution in [1.82, 2.24) is 4.90 Å². The van der Waals surface area contributed by atoms with Gasteiger partial charge in [-0.2, -0.15) is 0 Å². The second-order valence-electron chi connectivity index (χ2n) is 5.51. The first-order valence-electron chi connectivity index (χ1n) is 6.90. The zero-order chi connectivity index (χ0) is 14.4. The van der Waals surface area contributed by atoms with E-state index in [2.05, 4.69) is 0 Å². The molecule has 3 rings (SSSR count). The van der Waals surface area contributed by atoms with Crippen LogP contribution in [0.3, 0.4) is 0 Å². The molecule has 1 aromatic rings. The summed E-state index contributed by atoms with van der Waals surface area (Å²) < 4.78 is 13.7. The summed E-state index contributed by atoms with van der Waals surface area (Å²) in [5.74, 6) is -0.505. The summed E-state index contributed by atoms with van der Waals surface area (Å²) in [5, 5.41) is 0. The number of piperazine rings is 1. The highest BCUT2D eigenvalue weighted by Gasteiger charge is 2.46. The Morgan fingerprint density at radius 1 is 1.25 bits per heavy atom. The monoisotopic (exact) mass is 276 g/mol. The van der Waals surface area contributed by atoms with E-state index in [-0.39, 0.29) is 23.7 Å². The molecule has 5 heteroatoms. The summed E-state index contributed by atoms with van der Waals surface area (Å²) in [6.45, 7) is 4.02. The number of nitrogens with zero attached hydrogens (tertiary/aromatic N) is 2. The molecule has 1 aromatic carbocycles. The lowest BCUT2D eigenvalue weighted by molar-refractivity contribution is -0.143. The Kier molecular flexibility index (Phi) is 3.00. The highest BCUT2D eigenvalue weighted by molar-refractivity contribution is 6.08. The number of hydrogen-bond donors (Lipinski definition) is 0. The second-order valence-corrected chi connectivity index (χ2v) is 5.51. The van der Waals surface area contributed by atoms with E-state index in [1.165, 1.54) is 11.0 Å². The second kappa shape index (κ2) is 4.58. The van der Waals surface area contributed by atoms with Gasteiger partial charge in [-0.15, -0.1) is 0 Å². The van der Waals surface area contributed by atoms with Crippen LogP contribution in [-0.2, 0) is 9.59 Å². The minimum Gasteiger partial charge on any atom is -0.329 e. The molecule has 2 heterocycles. The zero-order valence-corrected chi connectivity index (χ0v) is 11.6. The first kappa shape index (κ1) is 13.1. The minimum absolute atomic E-state index is 0.0481.